The lowest BCUT2D eigenvalue weighted by atomic mass is 10.2. The fourth-order valence-corrected chi connectivity index (χ4v) is 4.36. The fourth-order valence-electron chi connectivity index (χ4n) is 2.98. The quantitative estimate of drug-likeness (QED) is 0.400. The number of nitrogens with zero attached hydrogens (tertiary/aromatic N) is 2. The van der Waals surface area contributed by atoms with Crippen LogP contribution in [-0.2, 0) is 23.1 Å². The van der Waals surface area contributed by atoms with Gasteiger partial charge in [-0.2, -0.15) is 4.31 Å². The van der Waals surface area contributed by atoms with Gasteiger partial charge >= 0.3 is 0 Å². The monoisotopic (exact) mass is 442 g/mol. The first-order valence-corrected chi connectivity index (χ1v) is 10.8. The van der Waals surface area contributed by atoms with Crippen molar-refractivity contribution in [3.8, 4) is 17.2 Å². The average molecular weight is 442 g/mol. The molecular weight excluding hydrogens is 423 g/mol. The molecule has 7 nitrogen and oxygen atoms in total. The van der Waals surface area contributed by atoms with E-state index >= 15 is 0 Å². The lowest BCUT2D eigenvalue weighted by molar-refractivity contribution is 0.355. The van der Waals surface area contributed by atoms with E-state index in [-0.39, 0.29) is 29.7 Å². The van der Waals surface area contributed by atoms with Gasteiger partial charge in [0, 0.05) is 5.56 Å². The molecule has 2 aromatic carbocycles. The van der Waals surface area contributed by atoms with Crippen LogP contribution in [0.15, 0.2) is 86.9 Å². The largest absolute Gasteiger partial charge is 0.497 e. The van der Waals surface area contributed by atoms with E-state index < -0.39 is 10.0 Å². The molecule has 2 heterocycles. The Kier molecular flexibility index (Phi) is 5.88. The number of rotatable bonds is 8. The Balaban J connectivity index is 1.63. The summed E-state index contributed by atoms with van der Waals surface area (Å²) in [6, 6.07) is 15.2. The van der Waals surface area contributed by atoms with Gasteiger partial charge in [0.2, 0.25) is 15.9 Å². The highest BCUT2D eigenvalue weighted by Crippen LogP contribution is 2.25. The number of hydrogen-bond acceptors (Lipinski definition) is 6. The summed E-state index contributed by atoms with van der Waals surface area (Å²) in [7, 11) is -2.36. The van der Waals surface area contributed by atoms with Crippen molar-refractivity contribution in [1.82, 2.24) is 9.29 Å². The highest BCUT2D eigenvalue weighted by molar-refractivity contribution is 7.89. The molecule has 0 bridgehead atoms. The van der Waals surface area contributed by atoms with Gasteiger partial charge in [0.25, 0.3) is 0 Å². The SMILES string of the molecule is COc1ccc(S(=O)(=O)N(Cc2coc(-c3ccc(F)cc3)n2)Cc2ccco2)cc1. The lowest BCUT2D eigenvalue weighted by Gasteiger charge is -2.20. The zero-order valence-electron chi connectivity index (χ0n) is 16.6. The van der Waals surface area contributed by atoms with Crippen LogP contribution >= 0.6 is 0 Å². The molecule has 0 aliphatic rings. The Labute approximate surface area is 178 Å². The maximum Gasteiger partial charge on any atom is 0.243 e. The molecule has 4 rings (SSSR count). The molecule has 2 aromatic heterocycles. The Morgan fingerprint density at radius 3 is 2.39 bits per heavy atom. The van der Waals surface area contributed by atoms with Gasteiger partial charge in [-0.05, 0) is 60.7 Å². The second-order valence-electron chi connectivity index (χ2n) is 6.68. The van der Waals surface area contributed by atoms with Crippen LogP contribution in [0.25, 0.3) is 11.5 Å². The zero-order valence-corrected chi connectivity index (χ0v) is 17.4. The minimum absolute atomic E-state index is 0.0140. The molecule has 4 aromatic rings. The number of furan rings is 1. The van der Waals surface area contributed by atoms with Crippen LogP contribution in [-0.4, -0.2) is 24.8 Å². The maximum absolute atomic E-state index is 13.3. The number of ether oxygens (including phenoxy) is 1. The highest BCUT2D eigenvalue weighted by Gasteiger charge is 2.27. The molecule has 0 saturated heterocycles. The van der Waals surface area contributed by atoms with Gasteiger partial charge in [-0.3, -0.25) is 0 Å². The van der Waals surface area contributed by atoms with Gasteiger partial charge < -0.3 is 13.6 Å². The Morgan fingerprint density at radius 1 is 1.00 bits per heavy atom. The first-order valence-electron chi connectivity index (χ1n) is 9.32. The van der Waals surface area contributed by atoms with E-state index in [0.717, 1.165) is 0 Å². The summed E-state index contributed by atoms with van der Waals surface area (Å²) in [5.74, 6) is 0.942. The summed E-state index contributed by atoms with van der Waals surface area (Å²) in [6.45, 7) is -0.0279. The molecular formula is C22H19FN2O5S. The van der Waals surface area contributed by atoms with Crippen molar-refractivity contribution in [3.05, 3.63) is 90.5 Å². The molecule has 160 valence electrons. The summed E-state index contributed by atoms with van der Waals surface area (Å²) in [5, 5.41) is 0. The van der Waals surface area contributed by atoms with E-state index in [1.807, 2.05) is 0 Å². The second kappa shape index (κ2) is 8.75. The normalized spacial score (nSPS) is 11.7. The summed E-state index contributed by atoms with van der Waals surface area (Å²) in [5.41, 5.74) is 0.992. The third kappa shape index (κ3) is 4.68. The number of benzene rings is 2. The van der Waals surface area contributed by atoms with Crippen molar-refractivity contribution in [2.45, 2.75) is 18.0 Å². The van der Waals surface area contributed by atoms with Crippen LogP contribution in [0.3, 0.4) is 0 Å². The van der Waals surface area contributed by atoms with E-state index in [1.54, 1.807) is 36.4 Å². The van der Waals surface area contributed by atoms with Crippen molar-refractivity contribution < 1.29 is 26.4 Å². The van der Waals surface area contributed by atoms with Crippen LogP contribution in [0.1, 0.15) is 11.5 Å². The zero-order chi connectivity index (χ0) is 21.8. The van der Waals surface area contributed by atoms with Crippen LogP contribution in [0.2, 0.25) is 0 Å². The number of oxazole rings is 1. The van der Waals surface area contributed by atoms with Gasteiger partial charge in [-0.25, -0.2) is 17.8 Å². The molecule has 0 unspecified atom stereocenters. The number of halogens is 1. The minimum Gasteiger partial charge on any atom is -0.497 e. The minimum atomic E-state index is -3.87. The molecule has 0 saturated carbocycles. The van der Waals surface area contributed by atoms with Crippen LogP contribution in [0.5, 0.6) is 5.75 Å². The molecule has 0 amide bonds. The molecule has 0 spiro atoms. The molecule has 0 aliphatic carbocycles. The summed E-state index contributed by atoms with van der Waals surface area (Å²) in [4.78, 5) is 4.48. The predicted octanol–water partition coefficient (Wildman–Crippen LogP) is 4.47. The lowest BCUT2D eigenvalue weighted by Crippen LogP contribution is -2.30. The third-order valence-electron chi connectivity index (χ3n) is 4.59. The van der Waals surface area contributed by atoms with Crippen molar-refractivity contribution in [3.63, 3.8) is 0 Å². The Bertz CT molecular complexity index is 1230. The molecule has 9 heteroatoms. The molecule has 0 N–H and O–H groups in total. The highest BCUT2D eigenvalue weighted by atomic mass is 32.2. The first-order chi connectivity index (χ1) is 15.0. The van der Waals surface area contributed by atoms with E-state index in [9.17, 15) is 12.8 Å². The average Bonchev–Trinajstić information content (AvgIpc) is 3.46. The maximum atomic E-state index is 13.3. The molecule has 0 atom stereocenters. The van der Waals surface area contributed by atoms with Gasteiger partial charge in [0.05, 0.1) is 37.1 Å². The van der Waals surface area contributed by atoms with Gasteiger partial charge in [-0.1, -0.05) is 0 Å². The summed E-state index contributed by atoms with van der Waals surface area (Å²) in [6.07, 6.45) is 2.87. The van der Waals surface area contributed by atoms with E-state index in [2.05, 4.69) is 4.98 Å². The Hall–Kier alpha value is -3.43. The summed E-state index contributed by atoms with van der Waals surface area (Å²) < 4.78 is 57.0. The van der Waals surface area contributed by atoms with Crippen molar-refractivity contribution in [1.29, 1.82) is 0 Å². The van der Waals surface area contributed by atoms with Crippen LogP contribution in [0.4, 0.5) is 4.39 Å². The van der Waals surface area contributed by atoms with Gasteiger partial charge in [-0.15, -0.1) is 0 Å². The van der Waals surface area contributed by atoms with Crippen LogP contribution in [0, 0.1) is 5.82 Å². The van der Waals surface area contributed by atoms with Crippen LogP contribution < -0.4 is 4.74 Å². The summed E-state index contributed by atoms with van der Waals surface area (Å²) >= 11 is 0. The Morgan fingerprint density at radius 2 is 1.74 bits per heavy atom. The topological polar surface area (TPSA) is 85.8 Å². The van der Waals surface area contributed by atoms with E-state index in [4.69, 9.17) is 13.6 Å². The molecule has 0 fully saturated rings. The predicted molar refractivity (Wildman–Crippen MR) is 110 cm³/mol. The number of sulfonamides is 1. The molecule has 0 aliphatic heterocycles. The van der Waals surface area contributed by atoms with E-state index in [0.29, 0.717) is 22.8 Å². The van der Waals surface area contributed by atoms with Gasteiger partial charge in [0.1, 0.15) is 23.6 Å². The third-order valence-corrected chi connectivity index (χ3v) is 6.40. The number of aromatic nitrogens is 1. The van der Waals surface area contributed by atoms with Crippen molar-refractivity contribution in [2.75, 3.05) is 7.11 Å². The second-order valence-corrected chi connectivity index (χ2v) is 8.62. The fraction of sp³-hybridized carbons (Fsp3) is 0.136. The van der Waals surface area contributed by atoms with Crippen molar-refractivity contribution in [2.24, 2.45) is 0 Å². The number of hydrogen-bond donors (Lipinski definition) is 0. The molecule has 0 radical (unpaired) electrons. The standard InChI is InChI=1S/C22H19FN2O5S/c1-28-19-8-10-21(11-9-19)31(26,27)25(14-20-3-2-12-29-20)13-18-15-30-22(24-18)16-4-6-17(23)7-5-16/h2-12,15H,13-14H2,1H3. The first kappa shape index (κ1) is 20.8. The number of methoxy groups -OCH3 is 1. The van der Waals surface area contributed by atoms with Crippen molar-refractivity contribution >= 4 is 10.0 Å². The molecule has 31 heavy (non-hydrogen) atoms. The smallest absolute Gasteiger partial charge is 0.243 e. The van der Waals surface area contributed by atoms with Gasteiger partial charge in [0.15, 0.2) is 0 Å². The van der Waals surface area contributed by atoms with E-state index in [1.165, 1.54) is 48.2 Å².